The third-order valence-electron chi connectivity index (χ3n) is 4.48. The Hall–Kier alpha value is -4.02. The highest BCUT2D eigenvalue weighted by Gasteiger charge is 2.30. The van der Waals surface area contributed by atoms with Gasteiger partial charge in [0.15, 0.2) is 23.0 Å². The molecule has 8 nitrogen and oxygen atoms in total. The van der Waals surface area contributed by atoms with Crippen LogP contribution < -0.4 is 14.8 Å². The van der Waals surface area contributed by atoms with E-state index in [9.17, 15) is 13.2 Å². The molecule has 0 radical (unpaired) electrons. The highest BCUT2D eigenvalue weighted by molar-refractivity contribution is 5.81. The monoisotopic (exact) mass is 442 g/mol. The lowest BCUT2D eigenvalue weighted by Gasteiger charge is -2.13. The third kappa shape index (κ3) is 4.82. The van der Waals surface area contributed by atoms with E-state index in [1.807, 2.05) is 6.07 Å². The van der Waals surface area contributed by atoms with E-state index in [2.05, 4.69) is 30.2 Å². The van der Waals surface area contributed by atoms with Gasteiger partial charge in [0.1, 0.15) is 11.8 Å². The van der Waals surface area contributed by atoms with Gasteiger partial charge in [0, 0.05) is 31.2 Å². The van der Waals surface area contributed by atoms with Gasteiger partial charge in [0.25, 0.3) is 0 Å². The number of alkyl halides is 3. The van der Waals surface area contributed by atoms with Crippen molar-refractivity contribution in [2.24, 2.45) is 0 Å². The summed E-state index contributed by atoms with van der Waals surface area (Å²) in [6.45, 7) is 0.562. The Balaban J connectivity index is 1.42. The van der Waals surface area contributed by atoms with Gasteiger partial charge in [-0.15, -0.1) is 0 Å². The first-order valence-corrected chi connectivity index (χ1v) is 9.47. The predicted molar refractivity (Wildman–Crippen MR) is 110 cm³/mol. The molecule has 0 saturated heterocycles. The first kappa shape index (κ1) is 21.2. The summed E-state index contributed by atoms with van der Waals surface area (Å²) >= 11 is 0. The molecule has 0 unspecified atom stereocenters. The molecule has 0 fully saturated rings. The number of benzene rings is 1. The van der Waals surface area contributed by atoms with Gasteiger partial charge in [-0.05, 0) is 30.2 Å². The molecule has 164 valence electrons. The molecule has 4 aromatic rings. The fourth-order valence-electron chi connectivity index (χ4n) is 2.92. The second-order valence-electron chi connectivity index (χ2n) is 6.60. The number of nitrogens with one attached hydrogen (secondary N) is 1. The zero-order valence-corrected chi connectivity index (χ0v) is 16.8. The molecule has 3 heterocycles. The SMILES string of the molecule is COc1cc(CCNc2ncnc3nccnc23)ccc1Oc1ccc(C(F)(F)F)cn1. The number of aromatic nitrogens is 5. The Labute approximate surface area is 180 Å². The fraction of sp³-hybridized carbons (Fsp3) is 0.190. The van der Waals surface area contributed by atoms with Crippen molar-refractivity contribution in [1.29, 1.82) is 0 Å². The van der Waals surface area contributed by atoms with Crippen molar-refractivity contribution in [3.63, 3.8) is 0 Å². The number of anilines is 1. The average Bonchev–Trinajstić information content (AvgIpc) is 2.80. The summed E-state index contributed by atoms with van der Waals surface area (Å²) in [4.78, 5) is 20.4. The quantitative estimate of drug-likeness (QED) is 0.453. The first-order chi connectivity index (χ1) is 15.4. The molecule has 3 aromatic heterocycles. The van der Waals surface area contributed by atoms with Crippen LogP contribution in [0.2, 0.25) is 0 Å². The second kappa shape index (κ2) is 9.00. The first-order valence-electron chi connectivity index (χ1n) is 9.47. The number of methoxy groups -OCH3 is 1. The maximum atomic E-state index is 12.7. The van der Waals surface area contributed by atoms with Gasteiger partial charge in [-0.3, -0.25) is 0 Å². The molecule has 0 atom stereocenters. The summed E-state index contributed by atoms with van der Waals surface area (Å²) in [6, 6.07) is 7.38. The normalized spacial score (nSPS) is 11.4. The lowest BCUT2D eigenvalue weighted by atomic mass is 10.1. The van der Waals surface area contributed by atoms with Crippen molar-refractivity contribution >= 4 is 17.0 Å². The van der Waals surface area contributed by atoms with Gasteiger partial charge in [-0.25, -0.2) is 24.9 Å². The molecule has 32 heavy (non-hydrogen) atoms. The standard InChI is InChI=1S/C21H17F3N6O2/c1-31-16-10-13(6-7-26-19-18-20(30-12-29-19)27-9-8-25-18)2-4-15(16)32-17-5-3-14(11-28-17)21(22,23)24/h2-5,8-12H,6-7H2,1H3,(H,26,27,29,30). The smallest absolute Gasteiger partial charge is 0.417 e. The predicted octanol–water partition coefficient (Wildman–Crippen LogP) is 4.29. The van der Waals surface area contributed by atoms with Crippen molar-refractivity contribution in [2.45, 2.75) is 12.6 Å². The maximum Gasteiger partial charge on any atom is 0.417 e. The van der Waals surface area contributed by atoms with Gasteiger partial charge in [0.05, 0.1) is 12.7 Å². The topological polar surface area (TPSA) is 94.9 Å². The van der Waals surface area contributed by atoms with E-state index in [-0.39, 0.29) is 5.88 Å². The van der Waals surface area contributed by atoms with Crippen molar-refractivity contribution in [3.8, 4) is 17.4 Å². The van der Waals surface area contributed by atoms with Gasteiger partial charge in [-0.2, -0.15) is 13.2 Å². The van der Waals surface area contributed by atoms with E-state index in [1.54, 1.807) is 24.5 Å². The molecule has 1 N–H and O–H groups in total. The van der Waals surface area contributed by atoms with Gasteiger partial charge >= 0.3 is 6.18 Å². The van der Waals surface area contributed by atoms with Crippen LogP contribution >= 0.6 is 0 Å². The fourth-order valence-corrected chi connectivity index (χ4v) is 2.92. The van der Waals surface area contributed by atoms with Crippen molar-refractivity contribution in [3.05, 3.63) is 66.4 Å². The average molecular weight is 442 g/mol. The van der Waals surface area contributed by atoms with E-state index in [0.29, 0.717) is 41.4 Å². The lowest BCUT2D eigenvalue weighted by molar-refractivity contribution is -0.137. The molecular formula is C21H17F3N6O2. The highest BCUT2D eigenvalue weighted by Crippen LogP contribution is 2.33. The molecule has 4 rings (SSSR count). The Bertz CT molecular complexity index is 1210. The van der Waals surface area contributed by atoms with E-state index < -0.39 is 11.7 Å². The number of fused-ring (bicyclic) bond motifs is 1. The third-order valence-corrected chi connectivity index (χ3v) is 4.48. The summed E-state index contributed by atoms with van der Waals surface area (Å²) in [5.41, 5.74) is 1.19. The Kier molecular flexibility index (Phi) is 5.97. The molecular weight excluding hydrogens is 425 g/mol. The molecule has 0 aliphatic heterocycles. The number of nitrogens with zero attached hydrogens (tertiary/aromatic N) is 5. The van der Waals surface area contributed by atoms with Crippen LogP contribution in [-0.4, -0.2) is 38.6 Å². The zero-order chi connectivity index (χ0) is 22.6. The second-order valence-corrected chi connectivity index (χ2v) is 6.60. The largest absolute Gasteiger partial charge is 0.493 e. The minimum absolute atomic E-state index is 0.0301. The number of halogens is 3. The minimum atomic E-state index is -4.45. The van der Waals surface area contributed by atoms with E-state index >= 15 is 0 Å². The van der Waals surface area contributed by atoms with E-state index in [0.717, 1.165) is 23.9 Å². The van der Waals surface area contributed by atoms with Gasteiger partial charge in [-0.1, -0.05) is 6.07 Å². The molecule has 0 aliphatic rings. The Morgan fingerprint density at radius 3 is 2.53 bits per heavy atom. The van der Waals surface area contributed by atoms with Crippen LogP contribution in [0.25, 0.3) is 11.2 Å². The molecule has 0 spiro atoms. The van der Waals surface area contributed by atoms with E-state index in [4.69, 9.17) is 9.47 Å². The maximum absolute atomic E-state index is 12.7. The van der Waals surface area contributed by atoms with Crippen LogP contribution in [0.4, 0.5) is 19.0 Å². The molecule has 0 bridgehead atoms. The number of rotatable bonds is 7. The van der Waals surface area contributed by atoms with Crippen LogP contribution in [0.5, 0.6) is 17.4 Å². The molecule has 0 amide bonds. The van der Waals surface area contributed by atoms with Crippen LogP contribution in [0.15, 0.2) is 55.2 Å². The summed E-state index contributed by atoms with van der Waals surface area (Å²) in [6.07, 6.45) is 1.47. The van der Waals surface area contributed by atoms with Crippen LogP contribution in [0.3, 0.4) is 0 Å². The Morgan fingerprint density at radius 2 is 1.78 bits per heavy atom. The minimum Gasteiger partial charge on any atom is -0.493 e. The molecule has 0 aliphatic carbocycles. The van der Waals surface area contributed by atoms with Crippen molar-refractivity contribution < 1.29 is 22.6 Å². The molecule has 1 aromatic carbocycles. The summed E-state index contributed by atoms with van der Waals surface area (Å²) in [7, 11) is 1.48. The zero-order valence-electron chi connectivity index (χ0n) is 16.8. The molecule has 0 saturated carbocycles. The van der Waals surface area contributed by atoms with Crippen LogP contribution in [0, 0.1) is 0 Å². The van der Waals surface area contributed by atoms with E-state index in [1.165, 1.54) is 13.4 Å². The summed E-state index contributed by atoms with van der Waals surface area (Å²) in [5, 5.41) is 3.22. The summed E-state index contributed by atoms with van der Waals surface area (Å²) in [5.74, 6) is 1.39. The van der Waals surface area contributed by atoms with Crippen LogP contribution in [-0.2, 0) is 12.6 Å². The number of hydrogen-bond donors (Lipinski definition) is 1. The van der Waals surface area contributed by atoms with Crippen molar-refractivity contribution in [2.75, 3.05) is 19.0 Å². The number of pyridine rings is 1. The lowest BCUT2D eigenvalue weighted by Crippen LogP contribution is -2.08. The van der Waals surface area contributed by atoms with Gasteiger partial charge < -0.3 is 14.8 Å². The van der Waals surface area contributed by atoms with Gasteiger partial charge in [0.2, 0.25) is 5.88 Å². The van der Waals surface area contributed by atoms with Crippen molar-refractivity contribution in [1.82, 2.24) is 24.9 Å². The Morgan fingerprint density at radius 1 is 0.938 bits per heavy atom. The highest BCUT2D eigenvalue weighted by atomic mass is 19.4. The molecule has 11 heteroatoms. The van der Waals surface area contributed by atoms with Crippen LogP contribution in [0.1, 0.15) is 11.1 Å². The summed E-state index contributed by atoms with van der Waals surface area (Å²) < 4.78 is 49.0. The number of hydrogen-bond acceptors (Lipinski definition) is 8. The number of ether oxygens (including phenoxy) is 2.